The Labute approximate surface area is 65.7 Å². The summed E-state index contributed by atoms with van der Waals surface area (Å²) >= 11 is 0. The van der Waals surface area contributed by atoms with Crippen molar-refractivity contribution in [1.29, 1.82) is 5.26 Å². The second-order valence-corrected chi connectivity index (χ2v) is 2.25. The van der Waals surface area contributed by atoms with Crippen LogP contribution in [0.3, 0.4) is 0 Å². The highest BCUT2D eigenvalue weighted by atomic mass is 14.8. The van der Waals surface area contributed by atoms with Gasteiger partial charge < -0.3 is 0 Å². The van der Waals surface area contributed by atoms with Crippen LogP contribution in [0.25, 0.3) is 0 Å². The smallest absolute Gasteiger partial charge is 0.158 e. The minimum atomic E-state index is 0.379. The summed E-state index contributed by atoms with van der Waals surface area (Å²) in [4.78, 5) is 7.95. The maximum absolute atomic E-state index is 8.41. The van der Waals surface area contributed by atoms with E-state index >= 15 is 0 Å². The third-order valence-corrected chi connectivity index (χ3v) is 1.33. The zero-order chi connectivity index (χ0) is 8.10. The van der Waals surface area contributed by atoms with Crippen molar-refractivity contribution >= 4 is 0 Å². The average Bonchev–Trinajstić information content (AvgIpc) is 2.07. The van der Waals surface area contributed by atoms with E-state index in [9.17, 15) is 0 Å². The summed E-state index contributed by atoms with van der Waals surface area (Å²) in [6.07, 6.45) is 5.15. The van der Waals surface area contributed by atoms with E-state index in [1.807, 2.05) is 6.07 Å². The Balaban J connectivity index is 2.76. The summed E-state index contributed by atoms with van der Waals surface area (Å²) < 4.78 is 0. The van der Waals surface area contributed by atoms with E-state index < -0.39 is 0 Å². The number of hydrogen-bond donors (Lipinski definition) is 0. The molecule has 0 bridgehead atoms. The van der Waals surface area contributed by atoms with Gasteiger partial charge >= 0.3 is 0 Å². The number of aryl methyl sites for hydroxylation is 1. The summed E-state index contributed by atoms with van der Waals surface area (Å²) in [6, 6.07) is 1.92. The molecule has 0 aliphatic rings. The second kappa shape index (κ2) is 3.67. The first kappa shape index (κ1) is 7.67. The average molecular weight is 147 g/mol. The van der Waals surface area contributed by atoms with Crippen LogP contribution in [0.15, 0.2) is 12.4 Å². The third kappa shape index (κ3) is 2.01. The zero-order valence-electron chi connectivity index (χ0n) is 6.41. The van der Waals surface area contributed by atoms with E-state index in [0.29, 0.717) is 5.69 Å². The van der Waals surface area contributed by atoms with E-state index in [2.05, 4.69) is 16.9 Å². The molecular formula is C8H9N3. The Morgan fingerprint density at radius 3 is 2.73 bits per heavy atom. The number of aromatic nitrogens is 2. The minimum Gasteiger partial charge on any atom is -0.257 e. The van der Waals surface area contributed by atoms with Crippen molar-refractivity contribution in [3.8, 4) is 6.07 Å². The van der Waals surface area contributed by atoms with Crippen molar-refractivity contribution in [3.63, 3.8) is 0 Å². The molecule has 0 fully saturated rings. The van der Waals surface area contributed by atoms with Crippen LogP contribution < -0.4 is 0 Å². The van der Waals surface area contributed by atoms with Gasteiger partial charge in [-0.1, -0.05) is 13.3 Å². The number of rotatable bonds is 2. The van der Waals surface area contributed by atoms with E-state index in [1.54, 1.807) is 6.20 Å². The van der Waals surface area contributed by atoms with Crippen LogP contribution in [0, 0.1) is 11.3 Å². The van der Waals surface area contributed by atoms with Crippen LogP contribution in [0.4, 0.5) is 0 Å². The van der Waals surface area contributed by atoms with Gasteiger partial charge in [-0.2, -0.15) is 5.26 Å². The van der Waals surface area contributed by atoms with E-state index in [0.717, 1.165) is 18.5 Å². The molecule has 0 unspecified atom stereocenters. The van der Waals surface area contributed by atoms with Crippen molar-refractivity contribution in [2.24, 2.45) is 0 Å². The van der Waals surface area contributed by atoms with Crippen molar-refractivity contribution in [2.45, 2.75) is 19.8 Å². The van der Waals surface area contributed by atoms with Gasteiger partial charge in [0.15, 0.2) is 5.69 Å². The van der Waals surface area contributed by atoms with Crippen LogP contribution in [-0.2, 0) is 6.42 Å². The summed E-state index contributed by atoms with van der Waals surface area (Å²) in [5.74, 6) is 0. The van der Waals surface area contributed by atoms with Crippen molar-refractivity contribution < 1.29 is 0 Å². The molecular weight excluding hydrogens is 138 g/mol. The van der Waals surface area contributed by atoms with Gasteiger partial charge in [0, 0.05) is 6.20 Å². The van der Waals surface area contributed by atoms with Crippen LogP contribution in [0.2, 0.25) is 0 Å². The SMILES string of the molecule is CCCc1cnc(C#N)cn1. The van der Waals surface area contributed by atoms with E-state index in [-0.39, 0.29) is 0 Å². The lowest BCUT2D eigenvalue weighted by Gasteiger charge is -1.94. The molecule has 0 amide bonds. The first-order chi connectivity index (χ1) is 5.36. The Kier molecular flexibility index (Phi) is 2.56. The molecule has 0 saturated heterocycles. The summed E-state index contributed by atoms with van der Waals surface area (Å²) in [5.41, 5.74) is 1.33. The maximum Gasteiger partial charge on any atom is 0.158 e. The first-order valence-corrected chi connectivity index (χ1v) is 3.58. The molecule has 1 aromatic heterocycles. The van der Waals surface area contributed by atoms with Gasteiger partial charge in [-0.3, -0.25) is 4.98 Å². The lowest BCUT2D eigenvalue weighted by Crippen LogP contribution is -1.91. The molecule has 0 atom stereocenters. The van der Waals surface area contributed by atoms with E-state index in [4.69, 9.17) is 5.26 Å². The molecule has 0 saturated carbocycles. The fourth-order valence-electron chi connectivity index (χ4n) is 0.798. The van der Waals surface area contributed by atoms with Crippen molar-refractivity contribution in [1.82, 2.24) is 9.97 Å². The standard InChI is InChI=1S/C8H9N3/c1-2-3-7-5-11-8(4-9)6-10-7/h5-6H,2-3H2,1H3. The van der Waals surface area contributed by atoms with Gasteiger partial charge in [0.2, 0.25) is 0 Å². The van der Waals surface area contributed by atoms with Gasteiger partial charge in [-0.25, -0.2) is 4.98 Å². The van der Waals surface area contributed by atoms with Gasteiger partial charge in [0.05, 0.1) is 11.9 Å². The molecule has 1 heterocycles. The summed E-state index contributed by atoms with van der Waals surface area (Å²) in [5, 5.41) is 8.41. The summed E-state index contributed by atoms with van der Waals surface area (Å²) in [6.45, 7) is 2.08. The largest absolute Gasteiger partial charge is 0.257 e. The van der Waals surface area contributed by atoms with Crippen molar-refractivity contribution in [3.05, 3.63) is 23.8 Å². The molecule has 1 rings (SSSR count). The van der Waals surface area contributed by atoms with Gasteiger partial charge in [0.25, 0.3) is 0 Å². The van der Waals surface area contributed by atoms with Crippen LogP contribution >= 0.6 is 0 Å². The lowest BCUT2D eigenvalue weighted by atomic mass is 10.3. The Hall–Kier alpha value is -1.43. The van der Waals surface area contributed by atoms with Crippen molar-refractivity contribution in [2.75, 3.05) is 0 Å². The van der Waals surface area contributed by atoms with Gasteiger partial charge in [0.1, 0.15) is 6.07 Å². The monoisotopic (exact) mass is 147 g/mol. The third-order valence-electron chi connectivity index (χ3n) is 1.33. The molecule has 3 nitrogen and oxygen atoms in total. The number of hydrogen-bond acceptors (Lipinski definition) is 3. The van der Waals surface area contributed by atoms with E-state index in [1.165, 1.54) is 6.20 Å². The maximum atomic E-state index is 8.41. The molecule has 0 spiro atoms. The zero-order valence-corrected chi connectivity index (χ0v) is 6.41. The minimum absolute atomic E-state index is 0.379. The predicted molar refractivity (Wildman–Crippen MR) is 40.7 cm³/mol. The van der Waals surface area contributed by atoms with Gasteiger partial charge in [-0.05, 0) is 6.42 Å². The molecule has 3 heteroatoms. The highest BCUT2D eigenvalue weighted by Crippen LogP contribution is 1.97. The Morgan fingerprint density at radius 2 is 2.27 bits per heavy atom. The molecule has 56 valence electrons. The predicted octanol–water partition coefficient (Wildman–Crippen LogP) is 1.30. The molecule has 0 radical (unpaired) electrons. The molecule has 1 aromatic rings. The number of nitriles is 1. The number of nitrogens with zero attached hydrogens (tertiary/aromatic N) is 3. The summed E-state index contributed by atoms with van der Waals surface area (Å²) in [7, 11) is 0. The fourth-order valence-corrected chi connectivity index (χ4v) is 0.798. The molecule has 0 aliphatic carbocycles. The van der Waals surface area contributed by atoms with Crippen LogP contribution in [-0.4, -0.2) is 9.97 Å². The normalized spacial score (nSPS) is 9.09. The van der Waals surface area contributed by atoms with Crippen LogP contribution in [0.1, 0.15) is 24.7 Å². The van der Waals surface area contributed by atoms with Crippen LogP contribution in [0.5, 0.6) is 0 Å². The highest BCUT2D eigenvalue weighted by molar-refractivity contribution is 5.16. The lowest BCUT2D eigenvalue weighted by molar-refractivity contribution is 0.868. The second-order valence-electron chi connectivity index (χ2n) is 2.25. The molecule has 11 heavy (non-hydrogen) atoms. The highest BCUT2D eigenvalue weighted by Gasteiger charge is 1.93. The fraction of sp³-hybridized carbons (Fsp3) is 0.375. The molecule has 0 aliphatic heterocycles. The van der Waals surface area contributed by atoms with Gasteiger partial charge in [-0.15, -0.1) is 0 Å². The first-order valence-electron chi connectivity index (χ1n) is 3.58. The molecule has 0 aromatic carbocycles. The Morgan fingerprint density at radius 1 is 1.45 bits per heavy atom. The topological polar surface area (TPSA) is 49.6 Å². The quantitative estimate of drug-likeness (QED) is 0.633. The molecule has 0 N–H and O–H groups in total. The Bertz CT molecular complexity index is 258.